The number of hydrogen-bond donors (Lipinski definition) is 1. The van der Waals surface area contributed by atoms with Crippen molar-refractivity contribution in [3.8, 4) is 0 Å². The molecule has 1 saturated heterocycles. The Balaban J connectivity index is 1.52. The standard InChI is InChI=1S/C25H20ClF2N3O2S/c1-15-2-9-22-19(12-15)25(23(32)30(22)14-16-3-8-20(27)21(28)13-16)31(10-11-34-25)24(33)29-18-6-4-17(26)5-7-18/h2-9,12-13H,10-11,14H2,1H3,(H,29,33)/t25-/m1/s1. The van der Waals surface area contributed by atoms with E-state index >= 15 is 0 Å². The van der Waals surface area contributed by atoms with Gasteiger partial charge in [0.05, 0.1) is 12.2 Å². The van der Waals surface area contributed by atoms with E-state index in [0.29, 0.717) is 39.8 Å². The molecule has 1 spiro atoms. The van der Waals surface area contributed by atoms with Crippen LogP contribution in [0.25, 0.3) is 0 Å². The summed E-state index contributed by atoms with van der Waals surface area (Å²) in [6.07, 6.45) is 0. The molecule has 174 valence electrons. The normalized spacial score (nSPS) is 19.1. The number of anilines is 2. The first-order chi connectivity index (χ1) is 16.3. The van der Waals surface area contributed by atoms with E-state index in [1.807, 2.05) is 25.1 Å². The second kappa shape index (κ2) is 8.60. The van der Waals surface area contributed by atoms with Crippen LogP contribution in [0.2, 0.25) is 5.02 Å². The summed E-state index contributed by atoms with van der Waals surface area (Å²) in [5, 5.41) is 3.41. The molecule has 1 N–H and O–H groups in total. The van der Waals surface area contributed by atoms with E-state index < -0.39 is 22.5 Å². The maximum Gasteiger partial charge on any atom is 0.323 e. The highest BCUT2D eigenvalue weighted by molar-refractivity contribution is 8.01. The number of carbonyl (C=O) groups excluding carboxylic acids is 2. The lowest BCUT2D eigenvalue weighted by atomic mass is 10.0. The number of aryl methyl sites for hydroxylation is 1. The van der Waals surface area contributed by atoms with E-state index in [9.17, 15) is 18.4 Å². The molecule has 0 unspecified atom stereocenters. The van der Waals surface area contributed by atoms with Crippen molar-refractivity contribution in [2.75, 3.05) is 22.5 Å². The van der Waals surface area contributed by atoms with Gasteiger partial charge in [0.25, 0.3) is 5.91 Å². The zero-order valence-corrected chi connectivity index (χ0v) is 19.7. The highest BCUT2D eigenvalue weighted by atomic mass is 35.5. The van der Waals surface area contributed by atoms with E-state index in [2.05, 4.69) is 5.32 Å². The second-order valence-corrected chi connectivity index (χ2v) is 9.97. The molecule has 9 heteroatoms. The summed E-state index contributed by atoms with van der Waals surface area (Å²) in [5.41, 5.74) is 3.34. The first kappa shape index (κ1) is 22.7. The second-order valence-electron chi connectivity index (χ2n) is 8.24. The smallest absolute Gasteiger partial charge is 0.308 e. The third-order valence-electron chi connectivity index (χ3n) is 6.01. The van der Waals surface area contributed by atoms with E-state index in [-0.39, 0.29) is 12.5 Å². The topological polar surface area (TPSA) is 52.7 Å². The van der Waals surface area contributed by atoms with Gasteiger partial charge in [-0.1, -0.05) is 35.4 Å². The van der Waals surface area contributed by atoms with Crippen molar-refractivity contribution in [2.24, 2.45) is 0 Å². The largest absolute Gasteiger partial charge is 0.323 e. The van der Waals surface area contributed by atoms with Gasteiger partial charge in [0.15, 0.2) is 16.5 Å². The van der Waals surface area contributed by atoms with Gasteiger partial charge >= 0.3 is 6.03 Å². The number of nitrogens with zero attached hydrogens (tertiary/aromatic N) is 2. The average molecular weight is 500 g/mol. The average Bonchev–Trinajstić information content (AvgIpc) is 3.35. The van der Waals surface area contributed by atoms with Crippen LogP contribution in [0.4, 0.5) is 25.0 Å². The molecule has 5 rings (SSSR count). The Morgan fingerprint density at radius 1 is 1.09 bits per heavy atom. The Morgan fingerprint density at radius 3 is 2.59 bits per heavy atom. The molecule has 1 fully saturated rings. The Labute approximate surface area is 204 Å². The van der Waals surface area contributed by atoms with Crippen molar-refractivity contribution in [3.63, 3.8) is 0 Å². The zero-order chi connectivity index (χ0) is 24.0. The maximum atomic E-state index is 14.0. The van der Waals surface area contributed by atoms with Gasteiger partial charge in [-0.2, -0.15) is 0 Å². The molecule has 2 aliphatic heterocycles. The monoisotopic (exact) mass is 499 g/mol. The molecule has 0 aliphatic carbocycles. The number of benzene rings is 3. The van der Waals surface area contributed by atoms with Gasteiger partial charge in [-0.05, 0) is 55.0 Å². The van der Waals surface area contributed by atoms with Gasteiger partial charge in [0.1, 0.15) is 0 Å². The Bertz CT molecular complexity index is 1300. The van der Waals surface area contributed by atoms with Crippen molar-refractivity contribution < 1.29 is 18.4 Å². The summed E-state index contributed by atoms with van der Waals surface area (Å²) in [6.45, 7) is 2.36. The van der Waals surface area contributed by atoms with Crippen LogP contribution in [0.5, 0.6) is 0 Å². The fraction of sp³-hybridized carbons (Fsp3) is 0.200. The molecule has 0 radical (unpaired) electrons. The fourth-order valence-electron chi connectivity index (χ4n) is 4.43. The Kier molecular flexibility index (Phi) is 5.73. The number of hydrogen-bond acceptors (Lipinski definition) is 3. The van der Waals surface area contributed by atoms with Crippen LogP contribution in [-0.4, -0.2) is 29.1 Å². The van der Waals surface area contributed by atoms with Crippen LogP contribution in [0.15, 0.2) is 60.7 Å². The molecular formula is C25H20ClF2N3O2S. The Morgan fingerprint density at radius 2 is 1.85 bits per heavy atom. The lowest BCUT2D eigenvalue weighted by Gasteiger charge is -2.33. The van der Waals surface area contributed by atoms with Gasteiger partial charge in [-0.3, -0.25) is 9.69 Å². The molecule has 2 heterocycles. The molecule has 0 bridgehead atoms. The van der Waals surface area contributed by atoms with Crippen molar-refractivity contribution in [1.82, 2.24) is 4.90 Å². The number of urea groups is 1. The summed E-state index contributed by atoms with van der Waals surface area (Å²) < 4.78 is 27.3. The van der Waals surface area contributed by atoms with Gasteiger partial charge < -0.3 is 10.2 Å². The van der Waals surface area contributed by atoms with Gasteiger partial charge in [0, 0.05) is 28.6 Å². The summed E-state index contributed by atoms with van der Waals surface area (Å²) in [5.74, 6) is -1.62. The van der Waals surface area contributed by atoms with Crippen LogP contribution in [0.1, 0.15) is 16.7 Å². The first-order valence-electron chi connectivity index (χ1n) is 10.6. The number of thioether (sulfide) groups is 1. The van der Waals surface area contributed by atoms with Crippen LogP contribution in [0, 0.1) is 18.6 Å². The minimum Gasteiger partial charge on any atom is -0.308 e. The lowest BCUT2D eigenvalue weighted by molar-refractivity contribution is -0.123. The minimum absolute atomic E-state index is 0.0566. The minimum atomic E-state index is -1.24. The van der Waals surface area contributed by atoms with Crippen LogP contribution in [-0.2, 0) is 16.2 Å². The van der Waals surface area contributed by atoms with Crippen molar-refractivity contribution in [2.45, 2.75) is 18.3 Å². The van der Waals surface area contributed by atoms with Gasteiger partial charge in [-0.15, -0.1) is 11.8 Å². The third kappa shape index (κ3) is 3.71. The van der Waals surface area contributed by atoms with Gasteiger partial charge in [-0.25, -0.2) is 13.6 Å². The molecule has 1 atom stereocenters. The molecule has 3 amide bonds. The number of amides is 3. The van der Waals surface area contributed by atoms with E-state index in [1.54, 1.807) is 34.1 Å². The van der Waals surface area contributed by atoms with Crippen molar-refractivity contribution >= 4 is 46.7 Å². The maximum absolute atomic E-state index is 14.0. The fourth-order valence-corrected chi connectivity index (χ4v) is 6.01. The summed E-state index contributed by atoms with van der Waals surface area (Å²) in [6, 6.07) is 15.6. The highest BCUT2D eigenvalue weighted by Crippen LogP contribution is 2.54. The predicted octanol–water partition coefficient (Wildman–Crippen LogP) is 5.91. The number of nitrogens with one attached hydrogen (secondary N) is 1. The van der Waals surface area contributed by atoms with Crippen LogP contribution < -0.4 is 10.2 Å². The molecule has 2 aliphatic rings. The molecule has 3 aromatic carbocycles. The van der Waals surface area contributed by atoms with Crippen molar-refractivity contribution in [1.29, 1.82) is 0 Å². The molecule has 0 saturated carbocycles. The van der Waals surface area contributed by atoms with E-state index in [4.69, 9.17) is 11.6 Å². The van der Waals surface area contributed by atoms with Crippen LogP contribution >= 0.6 is 23.4 Å². The summed E-state index contributed by atoms with van der Waals surface area (Å²) >= 11 is 7.34. The number of halogens is 3. The first-order valence-corrected chi connectivity index (χ1v) is 12.0. The molecule has 0 aromatic heterocycles. The molecule has 3 aromatic rings. The lowest BCUT2D eigenvalue weighted by Crippen LogP contribution is -2.51. The van der Waals surface area contributed by atoms with Crippen LogP contribution in [0.3, 0.4) is 0 Å². The molecule has 5 nitrogen and oxygen atoms in total. The Hall–Kier alpha value is -3.10. The quantitative estimate of drug-likeness (QED) is 0.487. The molecule has 34 heavy (non-hydrogen) atoms. The summed E-state index contributed by atoms with van der Waals surface area (Å²) in [4.78, 5) is 29.2. The number of carbonyl (C=O) groups is 2. The summed E-state index contributed by atoms with van der Waals surface area (Å²) in [7, 11) is 0. The van der Waals surface area contributed by atoms with Crippen molar-refractivity contribution in [3.05, 3.63) is 94.0 Å². The number of rotatable bonds is 3. The predicted molar refractivity (Wildman–Crippen MR) is 130 cm³/mol. The SMILES string of the molecule is Cc1ccc2c(c1)[C@@]1(SCCN1C(=O)Nc1ccc(Cl)cc1)C(=O)N2Cc1ccc(F)c(F)c1. The van der Waals surface area contributed by atoms with E-state index in [0.717, 1.165) is 17.7 Å². The number of fused-ring (bicyclic) bond motifs is 2. The van der Waals surface area contributed by atoms with Gasteiger partial charge in [0.2, 0.25) is 0 Å². The third-order valence-corrected chi connectivity index (χ3v) is 7.69. The zero-order valence-electron chi connectivity index (χ0n) is 18.1. The highest BCUT2D eigenvalue weighted by Gasteiger charge is 2.59. The molecular weight excluding hydrogens is 480 g/mol. The van der Waals surface area contributed by atoms with E-state index in [1.165, 1.54) is 17.8 Å².